The monoisotopic (exact) mass is 351 g/mol. The van der Waals surface area contributed by atoms with Crippen molar-refractivity contribution >= 4 is 0 Å². The van der Waals surface area contributed by atoms with Crippen LogP contribution in [-0.2, 0) is 12.8 Å². The zero-order valence-electron chi connectivity index (χ0n) is 15.9. The molecule has 1 aliphatic carbocycles. The van der Waals surface area contributed by atoms with Crippen LogP contribution in [-0.4, -0.2) is 38.3 Å². The second kappa shape index (κ2) is 7.71. The van der Waals surface area contributed by atoms with Crippen molar-refractivity contribution in [2.75, 3.05) is 27.3 Å². The maximum Gasteiger partial charge on any atom is 0.164 e. The second-order valence-corrected chi connectivity index (χ2v) is 7.50. The number of piperidine rings is 1. The van der Waals surface area contributed by atoms with Gasteiger partial charge in [-0.25, -0.2) is 0 Å². The second-order valence-electron chi connectivity index (χ2n) is 7.50. The van der Waals surface area contributed by atoms with Crippen molar-refractivity contribution in [2.24, 2.45) is 0 Å². The van der Waals surface area contributed by atoms with Gasteiger partial charge in [-0.05, 0) is 61.8 Å². The predicted molar refractivity (Wildman–Crippen MR) is 105 cm³/mol. The van der Waals surface area contributed by atoms with Crippen LogP contribution in [0.2, 0.25) is 0 Å². The standard InChI is InChI=1S/C23H29NO2/c1-25-22-13-11-18-19-9-6-15-24(16-14-17-7-4-3-5-8-17)21(19)12-10-20(18)23(22)26-2/h3-5,7-8,11,13,19,21H,6,9-10,12,14-16H2,1-2H3/t19-,21-/m0/s1. The number of benzene rings is 2. The van der Waals surface area contributed by atoms with E-state index in [1.807, 2.05) is 0 Å². The molecule has 1 saturated heterocycles. The van der Waals surface area contributed by atoms with E-state index >= 15 is 0 Å². The van der Waals surface area contributed by atoms with Crippen LogP contribution in [0, 0.1) is 0 Å². The number of nitrogens with zero attached hydrogens (tertiary/aromatic N) is 1. The third-order valence-electron chi connectivity index (χ3n) is 6.20. The summed E-state index contributed by atoms with van der Waals surface area (Å²) in [5.41, 5.74) is 4.30. The zero-order chi connectivity index (χ0) is 17.9. The maximum atomic E-state index is 5.71. The van der Waals surface area contributed by atoms with Crippen molar-refractivity contribution < 1.29 is 9.47 Å². The number of methoxy groups -OCH3 is 2. The van der Waals surface area contributed by atoms with Gasteiger partial charge in [0.05, 0.1) is 14.2 Å². The summed E-state index contributed by atoms with van der Waals surface area (Å²) in [5, 5.41) is 0. The molecule has 26 heavy (non-hydrogen) atoms. The van der Waals surface area contributed by atoms with Crippen LogP contribution in [0.25, 0.3) is 0 Å². The summed E-state index contributed by atoms with van der Waals surface area (Å²) in [6, 6.07) is 15.9. The van der Waals surface area contributed by atoms with Crippen LogP contribution in [0.5, 0.6) is 11.5 Å². The Morgan fingerprint density at radius 2 is 1.85 bits per heavy atom. The molecule has 0 saturated carbocycles. The van der Waals surface area contributed by atoms with Gasteiger partial charge in [0.15, 0.2) is 11.5 Å². The van der Waals surface area contributed by atoms with Gasteiger partial charge in [0.1, 0.15) is 0 Å². The van der Waals surface area contributed by atoms with E-state index in [1.54, 1.807) is 14.2 Å². The van der Waals surface area contributed by atoms with Crippen LogP contribution in [0.1, 0.15) is 41.9 Å². The molecule has 4 rings (SSSR count). The summed E-state index contributed by atoms with van der Waals surface area (Å²) in [7, 11) is 3.49. The summed E-state index contributed by atoms with van der Waals surface area (Å²) in [6.45, 7) is 2.39. The van der Waals surface area contributed by atoms with Crippen molar-refractivity contribution in [3.63, 3.8) is 0 Å². The largest absolute Gasteiger partial charge is 0.493 e. The minimum atomic E-state index is 0.628. The normalized spacial score (nSPS) is 22.4. The first kappa shape index (κ1) is 17.4. The summed E-state index contributed by atoms with van der Waals surface area (Å²) in [4.78, 5) is 2.74. The average Bonchev–Trinajstić information content (AvgIpc) is 2.71. The van der Waals surface area contributed by atoms with Gasteiger partial charge in [-0.15, -0.1) is 0 Å². The van der Waals surface area contributed by atoms with E-state index in [1.165, 1.54) is 42.5 Å². The van der Waals surface area contributed by atoms with Crippen LogP contribution < -0.4 is 9.47 Å². The lowest BCUT2D eigenvalue weighted by molar-refractivity contribution is 0.113. The van der Waals surface area contributed by atoms with E-state index in [9.17, 15) is 0 Å². The summed E-state index contributed by atoms with van der Waals surface area (Å²) in [5.74, 6) is 2.44. The van der Waals surface area contributed by atoms with Crippen molar-refractivity contribution in [3.05, 3.63) is 59.2 Å². The highest BCUT2D eigenvalue weighted by atomic mass is 16.5. The highest BCUT2D eigenvalue weighted by Gasteiger charge is 2.37. The van der Waals surface area contributed by atoms with Gasteiger partial charge >= 0.3 is 0 Å². The minimum absolute atomic E-state index is 0.628. The van der Waals surface area contributed by atoms with Crippen LogP contribution in [0.15, 0.2) is 42.5 Å². The molecule has 2 aromatic carbocycles. The van der Waals surface area contributed by atoms with Gasteiger partial charge < -0.3 is 9.47 Å². The van der Waals surface area contributed by atoms with Gasteiger partial charge in [-0.1, -0.05) is 36.4 Å². The summed E-state index contributed by atoms with van der Waals surface area (Å²) < 4.78 is 11.2. The lowest BCUT2D eigenvalue weighted by Gasteiger charge is -2.45. The molecule has 0 radical (unpaired) electrons. The first-order valence-electron chi connectivity index (χ1n) is 9.83. The molecular formula is C23H29NO2. The topological polar surface area (TPSA) is 21.7 Å². The molecule has 0 N–H and O–H groups in total. The quantitative estimate of drug-likeness (QED) is 0.795. The Hall–Kier alpha value is -2.00. The Bertz CT molecular complexity index is 743. The smallest absolute Gasteiger partial charge is 0.164 e. The Morgan fingerprint density at radius 1 is 1.00 bits per heavy atom. The number of rotatable bonds is 5. The minimum Gasteiger partial charge on any atom is -0.493 e. The van der Waals surface area contributed by atoms with E-state index in [4.69, 9.17) is 9.47 Å². The molecule has 1 aliphatic heterocycles. The van der Waals surface area contributed by atoms with Gasteiger partial charge in [0.2, 0.25) is 0 Å². The van der Waals surface area contributed by atoms with Crippen LogP contribution in [0.3, 0.4) is 0 Å². The predicted octanol–water partition coefficient (Wildman–Crippen LogP) is 4.44. The van der Waals surface area contributed by atoms with Crippen LogP contribution >= 0.6 is 0 Å². The van der Waals surface area contributed by atoms with Gasteiger partial charge in [0, 0.05) is 18.2 Å². The Labute approximate surface area is 156 Å². The molecule has 1 heterocycles. The molecule has 2 aliphatic rings. The molecule has 0 amide bonds. The molecule has 3 nitrogen and oxygen atoms in total. The number of hydrogen-bond acceptors (Lipinski definition) is 3. The van der Waals surface area contributed by atoms with Crippen molar-refractivity contribution in [2.45, 2.75) is 44.1 Å². The fraction of sp³-hybridized carbons (Fsp3) is 0.478. The lowest BCUT2D eigenvalue weighted by atomic mass is 9.74. The van der Waals surface area contributed by atoms with Gasteiger partial charge in [-0.2, -0.15) is 0 Å². The summed E-state index contributed by atoms with van der Waals surface area (Å²) in [6.07, 6.45) is 6.01. The Balaban J connectivity index is 1.54. The Morgan fingerprint density at radius 3 is 2.62 bits per heavy atom. The molecule has 3 heteroatoms. The number of likely N-dealkylation sites (tertiary alicyclic amines) is 1. The molecule has 138 valence electrons. The number of ether oxygens (including phenoxy) is 2. The lowest BCUT2D eigenvalue weighted by Crippen LogP contribution is -2.47. The molecule has 1 fully saturated rings. The third-order valence-corrected chi connectivity index (χ3v) is 6.20. The number of fused-ring (bicyclic) bond motifs is 3. The van der Waals surface area contributed by atoms with E-state index in [0.29, 0.717) is 12.0 Å². The fourth-order valence-corrected chi connectivity index (χ4v) is 4.97. The highest BCUT2D eigenvalue weighted by molar-refractivity contribution is 5.53. The SMILES string of the molecule is COc1ccc2c(c1OC)CC[C@H]1[C@H]2CCCN1CCc1ccccc1. The molecule has 2 aromatic rings. The molecule has 2 atom stereocenters. The maximum absolute atomic E-state index is 5.71. The molecule has 0 unspecified atom stereocenters. The van der Waals surface area contributed by atoms with E-state index < -0.39 is 0 Å². The molecule has 0 spiro atoms. The highest BCUT2D eigenvalue weighted by Crippen LogP contribution is 2.46. The van der Waals surface area contributed by atoms with E-state index in [0.717, 1.165) is 30.9 Å². The fourth-order valence-electron chi connectivity index (χ4n) is 4.97. The van der Waals surface area contributed by atoms with Crippen LogP contribution in [0.4, 0.5) is 0 Å². The zero-order valence-corrected chi connectivity index (χ0v) is 15.9. The van der Waals surface area contributed by atoms with E-state index in [2.05, 4.69) is 47.4 Å². The molecule has 0 bridgehead atoms. The summed E-state index contributed by atoms with van der Waals surface area (Å²) >= 11 is 0. The number of hydrogen-bond donors (Lipinski definition) is 0. The van der Waals surface area contributed by atoms with Crippen molar-refractivity contribution in [1.29, 1.82) is 0 Å². The Kier molecular flexibility index (Phi) is 5.16. The first-order valence-corrected chi connectivity index (χ1v) is 9.83. The van der Waals surface area contributed by atoms with Crippen molar-refractivity contribution in [1.82, 2.24) is 4.90 Å². The first-order chi connectivity index (χ1) is 12.8. The average molecular weight is 351 g/mol. The van der Waals surface area contributed by atoms with E-state index in [-0.39, 0.29) is 0 Å². The molecule has 0 aromatic heterocycles. The third kappa shape index (κ3) is 3.21. The van der Waals surface area contributed by atoms with Crippen molar-refractivity contribution in [3.8, 4) is 11.5 Å². The van der Waals surface area contributed by atoms with Gasteiger partial charge in [0.25, 0.3) is 0 Å². The molecular weight excluding hydrogens is 322 g/mol. The van der Waals surface area contributed by atoms with Gasteiger partial charge in [-0.3, -0.25) is 4.90 Å².